The molecule has 0 unspecified atom stereocenters. The first-order valence-electron chi connectivity index (χ1n) is 5.03. The van der Waals surface area contributed by atoms with E-state index in [-0.39, 0.29) is 18.9 Å². The number of hydrogen-bond donors (Lipinski definition) is 2. The van der Waals surface area contributed by atoms with Gasteiger partial charge >= 0.3 is 6.18 Å². The third kappa shape index (κ3) is 8.49. The summed E-state index contributed by atoms with van der Waals surface area (Å²) in [6.45, 7) is -1.43. The van der Waals surface area contributed by atoms with Gasteiger partial charge in [-0.05, 0) is 13.0 Å². The highest BCUT2D eigenvalue weighted by molar-refractivity contribution is 5.84. The first kappa shape index (κ1) is 15.7. The molecule has 0 saturated heterocycles. The van der Waals surface area contributed by atoms with Crippen LogP contribution in [0.1, 0.15) is 12.8 Å². The minimum atomic E-state index is -4.45. The van der Waals surface area contributed by atoms with Gasteiger partial charge in [-0.15, -0.1) is 0 Å². The highest BCUT2D eigenvalue weighted by Gasteiger charge is 2.27. The Hall–Kier alpha value is -1.31. The molecule has 8 heteroatoms. The zero-order valence-electron chi connectivity index (χ0n) is 9.51. The van der Waals surface area contributed by atoms with E-state index in [0.717, 1.165) is 4.90 Å². The first-order chi connectivity index (χ1) is 7.76. The van der Waals surface area contributed by atoms with Crippen LogP contribution in [0, 0.1) is 0 Å². The molecular formula is C9H16F3N3O2. The summed E-state index contributed by atoms with van der Waals surface area (Å²) < 4.78 is 35.3. The zero-order chi connectivity index (χ0) is 13.5. The fourth-order valence-corrected chi connectivity index (χ4v) is 1.00. The van der Waals surface area contributed by atoms with Crippen molar-refractivity contribution in [3.63, 3.8) is 0 Å². The van der Waals surface area contributed by atoms with Crippen molar-refractivity contribution in [2.75, 3.05) is 26.7 Å². The maximum absolute atomic E-state index is 11.8. The molecule has 0 rings (SSSR count). The summed E-state index contributed by atoms with van der Waals surface area (Å²) in [4.78, 5) is 23.4. The number of nitrogens with two attached hydrogens (primary N) is 1. The standard InChI is InChI=1S/C9H16F3N3O2/c1-15(8(17)3-2-4-13)5-7(16)14-6-9(10,11)12/h2-6,13H2,1H3,(H,14,16). The van der Waals surface area contributed by atoms with E-state index < -0.39 is 18.6 Å². The number of likely N-dealkylation sites (N-methyl/N-ethyl adjacent to an activating group) is 1. The predicted octanol–water partition coefficient (Wildman–Crippen LogP) is -0.138. The lowest BCUT2D eigenvalue weighted by Crippen LogP contribution is -2.41. The van der Waals surface area contributed by atoms with E-state index in [1.807, 2.05) is 0 Å². The Kier molecular flexibility index (Phi) is 6.55. The van der Waals surface area contributed by atoms with Crippen molar-refractivity contribution in [2.45, 2.75) is 19.0 Å². The van der Waals surface area contributed by atoms with Crippen LogP contribution in [0.2, 0.25) is 0 Å². The van der Waals surface area contributed by atoms with E-state index in [0.29, 0.717) is 13.0 Å². The largest absolute Gasteiger partial charge is 0.405 e. The monoisotopic (exact) mass is 255 g/mol. The number of halogens is 3. The minimum absolute atomic E-state index is 0.180. The van der Waals surface area contributed by atoms with E-state index in [1.165, 1.54) is 7.05 Å². The second-order valence-electron chi connectivity index (χ2n) is 3.53. The molecule has 0 spiro atoms. The molecule has 0 aliphatic heterocycles. The molecule has 0 radical (unpaired) electrons. The van der Waals surface area contributed by atoms with Crippen LogP contribution in [0.4, 0.5) is 13.2 Å². The summed E-state index contributed by atoms with van der Waals surface area (Å²) >= 11 is 0. The van der Waals surface area contributed by atoms with Crippen LogP contribution >= 0.6 is 0 Å². The third-order valence-electron chi connectivity index (χ3n) is 1.89. The zero-order valence-corrected chi connectivity index (χ0v) is 9.51. The Morgan fingerprint density at radius 1 is 1.35 bits per heavy atom. The summed E-state index contributed by atoms with van der Waals surface area (Å²) in [5, 5.41) is 1.68. The second kappa shape index (κ2) is 7.10. The van der Waals surface area contributed by atoms with Crippen LogP contribution in [-0.2, 0) is 9.59 Å². The molecule has 3 N–H and O–H groups in total. The molecule has 0 saturated carbocycles. The lowest BCUT2D eigenvalue weighted by atomic mass is 10.3. The predicted molar refractivity (Wildman–Crippen MR) is 55.0 cm³/mol. The van der Waals surface area contributed by atoms with Crippen LogP contribution in [-0.4, -0.2) is 49.6 Å². The number of amides is 2. The van der Waals surface area contributed by atoms with Crippen molar-refractivity contribution in [3.05, 3.63) is 0 Å². The molecule has 5 nitrogen and oxygen atoms in total. The SMILES string of the molecule is CN(CC(=O)NCC(F)(F)F)C(=O)CCCN. The van der Waals surface area contributed by atoms with Crippen LogP contribution in [0.15, 0.2) is 0 Å². The van der Waals surface area contributed by atoms with Gasteiger partial charge in [0.05, 0.1) is 6.54 Å². The van der Waals surface area contributed by atoms with Gasteiger partial charge in [-0.2, -0.15) is 13.2 Å². The van der Waals surface area contributed by atoms with Gasteiger partial charge in [-0.1, -0.05) is 0 Å². The number of alkyl halides is 3. The van der Waals surface area contributed by atoms with Crippen molar-refractivity contribution in [3.8, 4) is 0 Å². The van der Waals surface area contributed by atoms with Crippen LogP contribution in [0.3, 0.4) is 0 Å². The molecule has 0 atom stereocenters. The molecule has 2 amide bonds. The second-order valence-corrected chi connectivity index (χ2v) is 3.53. The smallest absolute Gasteiger partial charge is 0.345 e. The Labute approximate surface area is 97.1 Å². The van der Waals surface area contributed by atoms with Gasteiger partial charge in [-0.3, -0.25) is 9.59 Å². The van der Waals surface area contributed by atoms with Gasteiger partial charge in [-0.25, -0.2) is 0 Å². The minimum Gasteiger partial charge on any atom is -0.345 e. The maximum Gasteiger partial charge on any atom is 0.405 e. The van der Waals surface area contributed by atoms with Crippen LogP contribution in [0.25, 0.3) is 0 Å². The van der Waals surface area contributed by atoms with Gasteiger partial charge in [0.25, 0.3) is 0 Å². The number of hydrogen-bond acceptors (Lipinski definition) is 3. The molecule has 17 heavy (non-hydrogen) atoms. The highest BCUT2D eigenvalue weighted by Crippen LogP contribution is 2.11. The fraction of sp³-hybridized carbons (Fsp3) is 0.778. The average Bonchev–Trinajstić information content (AvgIpc) is 2.22. The molecular weight excluding hydrogens is 239 g/mol. The number of carbonyl (C=O) groups excluding carboxylic acids is 2. The molecule has 0 aromatic carbocycles. The third-order valence-corrected chi connectivity index (χ3v) is 1.89. The normalized spacial score (nSPS) is 11.1. The van der Waals surface area contributed by atoms with E-state index >= 15 is 0 Å². The Morgan fingerprint density at radius 2 is 1.94 bits per heavy atom. The van der Waals surface area contributed by atoms with Crippen molar-refractivity contribution in [1.29, 1.82) is 0 Å². The van der Waals surface area contributed by atoms with Crippen LogP contribution < -0.4 is 11.1 Å². The van der Waals surface area contributed by atoms with Gasteiger partial charge in [0.2, 0.25) is 11.8 Å². The summed E-state index contributed by atoms with van der Waals surface area (Å²) in [5.74, 6) is -1.16. The van der Waals surface area contributed by atoms with Gasteiger partial charge in [0.15, 0.2) is 0 Å². The Bertz CT molecular complexity index is 269. The molecule has 0 heterocycles. The Morgan fingerprint density at radius 3 is 2.41 bits per heavy atom. The average molecular weight is 255 g/mol. The fourth-order valence-electron chi connectivity index (χ4n) is 1.00. The molecule has 0 aromatic rings. The lowest BCUT2D eigenvalue weighted by molar-refractivity contribution is -0.141. The maximum atomic E-state index is 11.8. The summed E-state index contributed by atoms with van der Waals surface area (Å²) in [7, 11) is 1.35. The van der Waals surface area contributed by atoms with E-state index in [9.17, 15) is 22.8 Å². The van der Waals surface area contributed by atoms with Gasteiger partial charge in [0, 0.05) is 13.5 Å². The number of rotatable bonds is 6. The van der Waals surface area contributed by atoms with E-state index in [1.54, 1.807) is 5.32 Å². The molecule has 0 bridgehead atoms. The summed E-state index contributed by atoms with van der Waals surface area (Å²) in [5.41, 5.74) is 5.20. The number of nitrogens with one attached hydrogen (secondary N) is 1. The van der Waals surface area contributed by atoms with Gasteiger partial charge in [0.1, 0.15) is 6.54 Å². The number of nitrogens with zero attached hydrogens (tertiary/aromatic N) is 1. The van der Waals surface area contributed by atoms with Gasteiger partial charge < -0.3 is 16.0 Å². The van der Waals surface area contributed by atoms with E-state index in [4.69, 9.17) is 5.73 Å². The Balaban J connectivity index is 3.91. The first-order valence-corrected chi connectivity index (χ1v) is 5.03. The molecule has 0 fully saturated rings. The molecule has 0 aliphatic carbocycles. The molecule has 0 aromatic heterocycles. The van der Waals surface area contributed by atoms with Crippen molar-refractivity contribution >= 4 is 11.8 Å². The lowest BCUT2D eigenvalue weighted by Gasteiger charge is -2.17. The van der Waals surface area contributed by atoms with E-state index in [2.05, 4.69) is 0 Å². The topological polar surface area (TPSA) is 75.4 Å². The van der Waals surface area contributed by atoms with Crippen LogP contribution in [0.5, 0.6) is 0 Å². The summed E-state index contributed by atoms with van der Waals surface area (Å²) in [6, 6.07) is 0. The molecule has 100 valence electrons. The van der Waals surface area contributed by atoms with Crippen molar-refractivity contribution < 1.29 is 22.8 Å². The summed E-state index contributed by atoms with van der Waals surface area (Å²) in [6.07, 6.45) is -3.79. The quantitative estimate of drug-likeness (QED) is 0.693. The number of carbonyl (C=O) groups is 2. The van der Waals surface area contributed by atoms with Crippen molar-refractivity contribution in [1.82, 2.24) is 10.2 Å². The van der Waals surface area contributed by atoms with Crippen molar-refractivity contribution in [2.24, 2.45) is 5.73 Å². The molecule has 0 aliphatic rings. The highest BCUT2D eigenvalue weighted by atomic mass is 19.4.